The number of rotatable bonds is 8. The minimum atomic E-state index is -4.45. The van der Waals surface area contributed by atoms with Crippen molar-refractivity contribution in [3.63, 3.8) is 0 Å². The third-order valence-electron chi connectivity index (χ3n) is 5.04. The van der Waals surface area contributed by atoms with Gasteiger partial charge in [-0.2, -0.15) is 13.2 Å². The maximum Gasteiger partial charge on any atom is 0.416 e. The first kappa shape index (κ1) is 24.4. The van der Waals surface area contributed by atoms with Gasteiger partial charge in [0.05, 0.1) is 23.2 Å². The van der Waals surface area contributed by atoms with E-state index >= 15 is 0 Å². The van der Waals surface area contributed by atoms with E-state index in [-0.39, 0.29) is 0 Å². The standard InChI is InChI=1S/C24H29F3N2O2/c1-6-9-22(18-10-8-11-19(14-18)24(25,26)27)31-23(30)20-12-17(4)21(13-16(20)3)28-15-29(5)7-2/h8,10-15,22H,6-7,9H2,1-5H3/b28-15+. The number of aryl methyl sites for hydroxylation is 2. The summed E-state index contributed by atoms with van der Waals surface area (Å²) in [7, 11) is 1.92. The van der Waals surface area contributed by atoms with Crippen molar-refractivity contribution in [2.75, 3.05) is 13.6 Å². The largest absolute Gasteiger partial charge is 0.454 e. The molecule has 0 spiro atoms. The fourth-order valence-corrected chi connectivity index (χ4v) is 3.07. The van der Waals surface area contributed by atoms with Crippen molar-refractivity contribution in [1.82, 2.24) is 4.90 Å². The summed E-state index contributed by atoms with van der Waals surface area (Å²) in [5.74, 6) is -0.558. The normalized spacial score (nSPS) is 12.8. The molecule has 0 saturated heterocycles. The van der Waals surface area contributed by atoms with Gasteiger partial charge in [0.1, 0.15) is 6.10 Å². The smallest absolute Gasteiger partial charge is 0.416 e. The molecule has 168 valence electrons. The summed E-state index contributed by atoms with van der Waals surface area (Å²) in [6.07, 6.45) is -2.39. The van der Waals surface area contributed by atoms with Crippen molar-refractivity contribution in [3.05, 3.63) is 64.2 Å². The number of alkyl halides is 3. The van der Waals surface area contributed by atoms with E-state index in [2.05, 4.69) is 4.99 Å². The number of nitrogens with zero attached hydrogens (tertiary/aromatic N) is 2. The lowest BCUT2D eigenvalue weighted by Gasteiger charge is -2.20. The van der Waals surface area contributed by atoms with Gasteiger partial charge in [0.2, 0.25) is 0 Å². The van der Waals surface area contributed by atoms with Gasteiger partial charge in [0, 0.05) is 13.6 Å². The lowest BCUT2D eigenvalue weighted by Crippen LogP contribution is -2.15. The van der Waals surface area contributed by atoms with Crippen LogP contribution in [0, 0.1) is 13.8 Å². The number of carbonyl (C=O) groups excluding carboxylic acids is 1. The Morgan fingerprint density at radius 1 is 1.16 bits per heavy atom. The van der Waals surface area contributed by atoms with Gasteiger partial charge in [-0.25, -0.2) is 9.79 Å². The second-order valence-corrected chi connectivity index (χ2v) is 7.58. The van der Waals surface area contributed by atoms with Crippen LogP contribution in [0.3, 0.4) is 0 Å². The van der Waals surface area contributed by atoms with Crippen LogP contribution in [-0.4, -0.2) is 30.8 Å². The molecule has 4 nitrogen and oxygen atoms in total. The highest BCUT2D eigenvalue weighted by atomic mass is 19.4. The van der Waals surface area contributed by atoms with Gasteiger partial charge in [0.25, 0.3) is 0 Å². The minimum Gasteiger partial charge on any atom is -0.454 e. The quantitative estimate of drug-likeness (QED) is 0.266. The Labute approximate surface area is 181 Å². The Kier molecular flexibility index (Phi) is 8.25. The van der Waals surface area contributed by atoms with Gasteiger partial charge >= 0.3 is 12.1 Å². The van der Waals surface area contributed by atoms with Gasteiger partial charge in [-0.3, -0.25) is 0 Å². The molecule has 0 bridgehead atoms. The second-order valence-electron chi connectivity index (χ2n) is 7.58. The zero-order valence-corrected chi connectivity index (χ0v) is 18.6. The molecule has 0 N–H and O–H groups in total. The fraction of sp³-hybridized carbons (Fsp3) is 0.417. The van der Waals surface area contributed by atoms with Crippen LogP contribution in [0.25, 0.3) is 0 Å². The second kappa shape index (κ2) is 10.5. The molecule has 7 heteroatoms. The molecule has 0 radical (unpaired) electrons. The van der Waals surface area contributed by atoms with E-state index in [1.165, 1.54) is 6.07 Å². The number of esters is 1. The lowest BCUT2D eigenvalue weighted by molar-refractivity contribution is -0.137. The Hall–Kier alpha value is -2.83. The number of aliphatic imine (C=N–C) groups is 1. The monoisotopic (exact) mass is 434 g/mol. The SMILES string of the molecule is CCCC(OC(=O)c1cc(C)c(/N=C/N(C)CC)cc1C)c1cccc(C(F)(F)F)c1. The van der Waals surface area contributed by atoms with E-state index in [0.29, 0.717) is 29.5 Å². The van der Waals surface area contributed by atoms with Crippen molar-refractivity contribution >= 4 is 18.0 Å². The molecule has 2 aromatic rings. The highest BCUT2D eigenvalue weighted by Crippen LogP contribution is 2.33. The molecule has 1 unspecified atom stereocenters. The van der Waals surface area contributed by atoms with Crippen molar-refractivity contribution in [2.45, 2.75) is 52.8 Å². The van der Waals surface area contributed by atoms with Crippen LogP contribution in [0.4, 0.5) is 18.9 Å². The van der Waals surface area contributed by atoms with Crippen LogP contribution in [0.1, 0.15) is 65.4 Å². The predicted molar refractivity (Wildman–Crippen MR) is 117 cm³/mol. The Morgan fingerprint density at radius 2 is 1.87 bits per heavy atom. The fourth-order valence-electron chi connectivity index (χ4n) is 3.07. The molecule has 0 heterocycles. The van der Waals surface area contributed by atoms with Gasteiger partial charge in [-0.05, 0) is 68.1 Å². The highest BCUT2D eigenvalue weighted by molar-refractivity contribution is 5.92. The number of hydrogen-bond acceptors (Lipinski definition) is 3. The van der Waals surface area contributed by atoms with Gasteiger partial charge < -0.3 is 9.64 Å². The van der Waals surface area contributed by atoms with Crippen LogP contribution < -0.4 is 0 Å². The summed E-state index contributed by atoms with van der Waals surface area (Å²) in [6, 6.07) is 8.48. The minimum absolute atomic E-state index is 0.336. The maximum atomic E-state index is 13.1. The number of halogens is 3. The summed E-state index contributed by atoms with van der Waals surface area (Å²) in [5.41, 5.74) is 2.22. The van der Waals surface area contributed by atoms with Crippen LogP contribution in [-0.2, 0) is 10.9 Å². The zero-order valence-electron chi connectivity index (χ0n) is 18.6. The molecule has 0 aliphatic carbocycles. The first-order valence-electron chi connectivity index (χ1n) is 10.3. The Bertz CT molecular complexity index is 939. The molecule has 0 fully saturated rings. The maximum absolute atomic E-state index is 13.1. The first-order valence-corrected chi connectivity index (χ1v) is 10.3. The first-order chi connectivity index (χ1) is 14.6. The van der Waals surface area contributed by atoms with Crippen molar-refractivity contribution in [2.24, 2.45) is 4.99 Å². The zero-order chi connectivity index (χ0) is 23.2. The van der Waals surface area contributed by atoms with Gasteiger partial charge in [0.15, 0.2) is 0 Å². The number of carbonyl (C=O) groups is 1. The summed E-state index contributed by atoms with van der Waals surface area (Å²) in [4.78, 5) is 19.3. The Morgan fingerprint density at radius 3 is 2.48 bits per heavy atom. The highest BCUT2D eigenvalue weighted by Gasteiger charge is 2.31. The molecule has 0 saturated carbocycles. The molecule has 0 aliphatic heterocycles. The molecule has 2 aromatic carbocycles. The van der Waals surface area contributed by atoms with Crippen LogP contribution in [0.15, 0.2) is 41.4 Å². The molecular formula is C24H29F3N2O2. The van der Waals surface area contributed by atoms with Gasteiger partial charge in [-0.1, -0.05) is 25.5 Å². The van der Waals surface area contributed by atoms with Crippen LogP contribution in [0.5, 0.6) is 0 Å². The number of hydrogen-bond donors (Lipinski definition) is 0. The summed E-state index contributed by atoms with van der Waals surface area (Å²) < 4.78 is 44.9. The van der Waals surface area contributed by atoms with E-state index in [4.69, 9.17) is 4.74 Å². The molecule has 2 rings (SSSR count). The van der Waals surface area contributed by atoms with E-state index in [0.717, 1.165) is 29.9 Å². The van der Waals surface area contributed by atoms with Crippen LogP contribution in [0.2, 0.25) is 0 Å². The molecular weight excluding hydrogens is 405 g/mol. The van der Waals surface area contributed by atoms with E-state index in [1.54, 1.807) is 25.4 Å². The van der Waals surface area contributed by atoms with E-state index in [1.807, 2.05) is 38.8 Å². The third-order valence-corrected chi connectivity index (χ3v) is 5.04. The van der Waals surface area contributed by atoms with E-state index in [9.17, 15) is 18.0 Å². The number of ether oxygens (including phenoxy) is 1. The summed E-state index contributed by atoms with van der Waals surface area (Å²) in [6.45, 7) is 8.37. The molecule has 0 aromatic heterocycles. The Balaban J connectivity index is 2.29. The van der Waals surface area contributed by atoms with Crippen molar-refractivity contribution < 1.29 is 22.7 Å². The number of benzene rings is 2. The summed E-state index contributed by atoms with van der Waals surface area (Å²) >= 11 is 0. The molecule has 0 aliphatic rings. The molecule has 0 amide bonds. The average molecular weight is 435 g/mol. The average Bonchev–Trinajstić information content (AvgIpc) is 2.72. The summed E-state index contributed by atoms with van der Waals surface area (Å²) in [5, 5.41) is 0. The van der Waals surface area contributed by atoms with Gasteiger partial charge in [-0.15, -0.1) is 0 Å². The van der Waals surface area contributed by atoms with Crippen LogP contribution >= 0.6 is 0 Å². The predicted octanol–water partition coefficient (Wildman–Crippen LogP) is 6.63. The molecule has 31 heavy (non-hydrogen) atoms. The van der Waals surface area contributed by atoms with Crippen molar-refractivity contribution in [3.8, 4) is 0 Å². The van der Waals surface area contributed by atoms with Crippen molar-refractivity contribution in [1.29, 1.82) is 0 Å². The molecule has 1 atom stereocenters. The third kappa shape index (κ3) is 6.57. The lowest BCUT2D eigenvalue weighted by atomic mass is 10.0. The van der Waals surface area contributed by atoms with E-state index < -0.39 is 23.8 Å². The topological polar surface area (TPSA) is 41.9 Å².